The van der Waals surface area contributed by atoms with Crippen LogP contribution in [-0.4, -0.2) is 11.7 Å². The molecule has 0 saturated carbocycles. The molecule has 0 aliphatic heterocycles. The molecular weight excluding hydrogens is 296 g/mol. The van der Waals surface area contributed by atoms with E-state index < -0.39 is 0 Å². The first-order valence-electron chi connectivity index (χ1n) is 8.86. The van der Waals surface area contributed by atoms with E-state index >= 15 is 0 Å². The van der Waals surface area contributed by atoms with Crippen molar-refractivity contribution in [2.45, 2.75) is 65.6 Å². The molecule has 0 bridgehead atoms. The molecule has 0 N–H and O–H groups in total. The van der Waals surface area contributed by atoms with Gasteiger partial charge in [0.1, 0.15) is 17.1 Å². The molecule has 0 radical (unpaired) electrons. The average Bonchev–Trinajstić information content (AvgIpc) is 2.55. The molecule has 0 heterocycles. The van der Waals surface area contributed by atoms with E-state index in [1.54, 1.807) is 0 Å². The molecule has 2 nitrogen and oxygen atoms in total. The molecule has 0 aliphatic carbocycles. The predicted octanol–water partition coefficient (Wildman–Crippen LogP) is 6.19. The van der Waals surface area contributed by atoms with Crippen molar-refractivity contribution >= 4 is 0 Å². The first-order chi connectivity index (χ1) is 11.3. The third-order valence-electron chi connectivity index (χ3n) is 4.38. The maximum Gasteiger partial charge on any atom is 0.120 e. The molecule has 2 aromatic carbocycles. The lowest BCUT2D eigenvalue weighted by Crippen LogP contribution is -2.26. The molecule has 2 aromatic rings. The maximum absolute atomic E-state index is 6.03. The number of hydrogen-bond donors (Lipinski definition) is 0. The van der Waals surface area contributed by atoms with Crippen LogP contribution < -0.4 is 9.47 Å². The molecule has 1 unspecified atom stereocenters. The third kappa shape index (κ3) is 5.02. The van der Waals surface area contributed by atoms with Crippen LogP contribution in [-0.2, 0) is 0 Å². The molecule has 2 rings (SSSR count). The monoisotopic (exact) mass is 326 g/mol. The Morgan fingerprint density at radius 2 is 1.25 bits per heavy atom. The summed E-state index contributed by atoms with van der Waals surface area (Å²) < 4.78 is 11.7. The Morgan fingerprint density at radius 1 is 0.792 bits per heavy atom. The minimum atomic E-state index is -0.126. The SMILES string of the molecule is CCC(C)(C)Oc1ccc(C(C)c2ccc(OC(C)C)cc2)cc1. The van der Waals surface area contributed by atoms with Gasteiger partial charge in [-0.15, -0.1) is 0 Å². The van der Waals surface area contributed by atoms with Gasteiger partial charge in [0.2, 0.25) is 0 Å². The lowest BCUT2D eigenvalue weighted by Gasteiger charge is -2.25. The van der Waals surface area contributed by atoms with E-state index in [0.29, 0.717) is 5.92 Å². The van der Waals surface area contributed by atoms with Crippen LogP contribution in [0.1, 0.15) is 65.0 Å². The molecule has 0 aromatic heterocycles. The van der Waals surface area contributed by atoms with E-state index in [1.165, 1.54) is 11.1 Å². The predicted molar refractivity (Wildman–Crippen MR) is 101 cm³/mol. The van der Waals surface area contributed by atoms with Gasteiger partial charge in [0.05, 0.1) is 6.10 Å². The standard InChI is InChI=1S/C22H30O2/c1-7-22(5,6)24-21-14-10-19(11-15-21)17(4)18-8-12-20(13-9-18)23-16(2)3/h8-17H,7H2,1-6H3. The van der Waals surface area contributed by atoms with Gasteiger partial charge in [0.25, 0.3) is 0 Å². The van der Waals surface area contributed by atoms with Gasteiger partial charge in [0.15, 0.2) is 0 Å². The van der Waals surface area contributed by atoms with Crippen LogP contribution in [0.3, 0.4) is 0 Å². The summed E-state index contributed by atoms with van der Waals surface area (Å²) in [7, 11) is 0. The van der Waals surface area contributed by atoms with Crippen LogP contribution in [0.2, 0.25) is 0 Å². The molecule has 0 spiro atoms. The van der Waals surface area contributed by atoms with Gasteiger partial charge in [-0.2, -0.15) is 0 Å². The summed E-state index contributed by atoms with van der Waals surface area (Å²) in [6.45, 7) is 12.7. The van der Waals surface area contributed by atoms with Gasteiger partial charge in [-0.3, -0.25) is 0 Å². The summed E-state index contributed by atoms with van der Waals surface area (Å²) in [5.74, 6) is 2.19. The summed E-state index contributed by atoms with van der Waals surface area (Å²) in [5, 5.41) is 0. The topological polar surface area (TPSA) is 18.5 Å². The molecule has 130 valence electrons. The first kappa shape index (κ1) is 18.4. The Bertz CT molecular complexity index is 624. The van der Waals surface area contributed by atoms with Gasteiger partial charge in [0, 0.05) is 5.92 Å². The second kappa shape index (κ2) is 7.74. The van der Waals surface area contributed by atoms with Gasteiger partial charge in [-0.1, -0.05) is 38.1 Å². The lowest BCUT2D eigenvalue weighted by atomic mass is 9.93. The highest BCUT2D eigenvalue weighted by Gasteiger charge is 2.17. The van der Waals surface area contributed by atoms with Gasteiger partial charge in [-0.25, -0.2) is 0 Å². The highest BCUT2D eigenvalue weighted by Crippen LogP contribution is 2.28. The fraction of sp³-hybridized carbons (Fsp3) is 0.455. The largest absolute Gasteiger partial charge is 0.491 e. The minimum Gasteiger partial charge on any atom is -0.491 e. The third-order valence-corrected chi connectivity index (χ3v) is 4.38. The van der Waals surface area contributed by atoms with E-state index in [1.807, 2.05) is 26.0 Å². The molecular formula is C22H30O2. The summed E-state index contributed by atoms with van der Waals surface area (Å²) in [4.78, 5) is 0. The van der Waals surface area contributed by atoms with Crippen LogP contribution in [0.25, 0.3) is 0 Å². The minimum absolute atomic E-state index is 0.126. The molecule has 0 saturated heterocycles. The second-order valence-corrected chi connectivity index (χ2v) is 7.24. The lowest BCUT2D eigenvalue weighted by molar-refractivity contribution is 0.105. The number of ether oxygens (including phenoxy) is 2. The van der Waals surface area contributed by atoms with Crippen molar-refractivity contribution in [2.75, 3.05) is 0 Å². The van der Waals surface area contributed by atoms with Crippen molar-refractivity contribution in [1.29, 1.82) is 0 Å². The zero-order chi connectivity index (χ0) is 17.7. The zero-order valence-electron chi connectivity index (χ0n) is 15.8. The summed E-state index contributed by atoms with van der Waals surface area (Å²) >= 11 is 0. The van der Waals surface area contributed by atoms with E-state index in [-0.39, 0.29) is 11.7 Å². The Morgan fingerprint density at radius 3 is 1.67 bits per heavy atom. The molecule has 2 heteroatoms. The Balaban J connectivity index is 2.08. The quantitative estimate of drug-likeness (QED) is 0.603. The van der Waals surface area contributed by atoms with Crippen molar-refractivity contribution in [1.82, 2.24) is 0 Å². The second-order valence-electron chi connectivity index (χ2n) is 7.24. The fourth-order valence-electron chi connectivity index (χ4n) is 2.52. The number of hydrogen-bond acceptors (Lipinski definition) is 2. The zero-order valence-corrected chi connectivity index (χ0v) is 15.8. The molecule has 1 atom stereocenters. The van der Waals surface area contributed by atoms with Gasteiger partial charge in [-0.05, 0) is 69.5 Å². The van der Waals surface area contributed by atoms with Crippen molar-refractivity contribution in [2.24, 2.45) is 0 Å². The van der Waals surface area contributed by atoms with E-state index in [4.69, 9.17) is 9.47 Å². The van der Waals surface area contributed by atoms with Gasteiger partial charge >= 0.3 is 0 Å². The summed E-state index contributed by atoms with van der Waals surface area (Å²) in [6, 6.07) is 16.8. The van der Waals surface area contributed by atoms with Crippen molar-refractivity contribution in [3.8, 4) is 11.5 Å². The van der Waals surface area contributed by atoms with Crippen LogP contribution in [0.15, 0.2) is 48.5 Å². The van der Waals surface area contributed by atoms with Crippen LogP contribution in [0.5, 0.6) is 11.5 Å². The van der Waals surface area contributed by atoms with E-state index in [9.17, 15) is 0 Å². The van der Waals surface area contributed by atoms with Crippen molar-refractivity contribution in [3.63, 3.8) is 0 Å². The first-order valence-corrected chi connectivity index (χ1v) is 8.86. The normalized spacial score (nSPS) is 13.0. The number of rotatable bonds is 7. The van der Waals surface area contributed by atoms with Crippen LogP contribution in [0, 0.1) is 0 Å². The Labute approximate surface area is 146 Å². The highest BCUT2D eigenvalue weighted by atomic mass is 16.5. The van der Waals surface area contributed by atoms with E-state index in [2.05, 4.69) is 64.1 Å². The molecule has 0 fully saturated rings. The van der Waals surface area contributed by atoms with Crippen molar-refractivity contribution < 1.29 is 9.47 Å². The molecule has 0 amide bonds. The smallest absolute Gasteiger partial charge is 0.120 e. The Hall–Kier alpha value is -1.96. The van der Waals surface area contributed by atoms with Crippen LogP contribution >= 0.6 is 0 Å². The summed E-state index contributed by atoms with van der Waals surface area (Å²) in [5.41, 5.74) is 2.45. The molecule has 24 heavy (non-hydrogen) atoms. The molecule has 0 aliphatic rings. The Kier molecular flexibility index (Phi) is 5.93. The fourth-order valence-corrected chi connectivity index (χ4v) is 2.52. The summed E-state index contributed by atoms with van der Waals surface area (Å²) in [6.07, 6.45) is 1.18. The highest BCUT2D eigenvalue weighted by molar-refractivity contribution is 5.37. The van der Waals surface area contributed by atoms with Crippen molar-refractivity contribution in [3.05, 3.63) is 59.7 Å². The maximum atomic E-state index is 6.03. The number of benzene rings is 2. The average molecular weight is 326 g/mol. The van der Waals surface area contributed by atoms with Crippen LogP contribution in [0.4, 0.5) is 0 Å². The van der Waals surface area contributed by atoms with E-state index in [0.717, 1.165) is 17.9 Å². The van der Waals surface area contributed by atoms with Gasteiger partial charge < -0.3 is 9.47 Å².